The average molecular weight is 465 g/mol. The molecule has 0 aliphatic rings. The minimum Gasteiger partial charge on any atom is -0.377 e. The number of hydrogen-bond donors (Lipinski definition) is 1. The van der Waals surface area contributed by atoms with Crippen molar-refractivity contribution in [2.45, 2.75) is 26.0 Å². The van der Waals surface area contributed by atoms with Gasteiger partial charge in [-0.3, -0.25) is 0 Å². The minimum absolute atomic E-state index is 0.306. The van der Waals surface area contributed by atoms with Crippen molar-refractivity contribution in [3.63, 3.8) is 0 Å². The van der Waals surface area contributed by atoms with E-state index in [1.54, 1.807) is 13.4 Å². The largest absolute Gasteiger partial charge is 0.377 e. The lowest BCUT2D eigenvalue weighted by Gasteiger charge is -2.23. The Hall–Kier alpha value is -2.70. The van der Waals surface area contributed by atoms with Crippen LogP contribution in [-0.4, -0.2) is 34.3 Å². The monoisotopic (exact) mass is 464 g/mol. The van der Waals surface area contributed by atoms with Crippen molar-refractivity contribution in [2.75, 3.05) is 19.5 Å². The van der Waals surface area contributed by atoms with Gasteiger partial charge in [-0.2, -0.15) is 0 Å². The van der Waals surface area contributed by atoms with Crippen molar-refractivity contribution in [1.29, 1.82) is 0 Å². The number of rotatable bonds is 6. The summed E-state index contributed by atoms with van der Waals surface area (Å²) < 4.78 is 8.88. The Bertz CT molecular complexity index is 1160. The first-order chi connectivity index (χ1) is 14.4. The molecule has 2 aromatic carbocycles. The molecule has 30 heavy (non-hydrogen) atoms. The number of benzene rings is 2. The molecule has 2 heterocycles. The highest BCUT2D eigenvalue weighted by Crippen LogP contribution is 2.35. The number of methoxy groups -OCH3 is 1. The molecule has 154 valence electrons. The van der Waals surface area contributed by atoms with Gasteiger partial charge in [0.1, 0.15) is 17.8 Å². The Labute approximate surface area is 185 Å². The van der Waals surface area contributed by atoms with Crippen LogP contribution in [-0.2, 0) is 11.3 Å². The van der Waals surface area contributed by atoms with Crippen LogP contribution >= 0.6 is 15.9 Å². The number of ether oxygens (including phenoxy) is 1. The van der Waals surface area contributed by atoms with Gasteiger partial charge in [-0.15, -0.1) is 0 Å². The third-order valence-corrected chi connectivity index (χ3v) is 5.90. The molecular weight excluding hydrogens is 440 g/mol. The standard InChI is InChI=1S/C24H25BrN4O/c1-24(2,30-4)14-29-13-20(21-22(26-3)27-15-28-23(21)29)18-7-5-16(6-8-18)17-9-11-19(25)12-10-17/h5-13,15H,14H2,1-4H3,(H,26,27,28). The lowest BCUT2D eigenvalue weighted by molar-refractivity contribution is 0.00904. The van der Waals surface area contributed by atoms with Gasteiger partial charge in [0.05, 0.1) is 17.5 Å². The summed E-state index contributed by atoms with van der Waals surface area (Å²) in [5, 5.41) is 4.23. The molecule has 0 radical (unpaired) electrons. The Morgan fingerprint density at radius 1 is 0.967 bits per heavy atom. The topological polar surface area (TPSA) is 52.0 Å². The van der Waals surface area contributed by atoms with Crippen LogP contribution in [0.2, 0.25) is 0 Å². The molecule has 0 spiro atoms. The van der Waals surface area contributed by atoms with Crippen LogP contribution in [0.15, 0.2) is 65.5 Å². The molecule has 0 saturated heterocycles. The maximum Gasteiger partial charge on any atom is 0.146 e. The smallest absolute Gasteiger partial charge is 0.146 e. The van der Waals surface area contributed by atoms with Crippen LogP contribution in [0.5, 0.6) is 0 Å². The van der Waals surface area contributed by atoms with Crippen LogP contribution < -0.4 is 5.32 Å². The summed E-state index contributed by atoms with van der Waals surface area (Å²) in [5.74, 6) is 0.820. The van der Waals surface area contributed by atoms with Gasteiger partial charge in [0, 0.05) is 30.4 Å². The van der Waals surface area contributed by atoms with E-state index in [-0.39, 0.29) is 5.60 Å². The Morgan fingerprint density at radius 2 is 1.57 bits per heavy atom. The normalized spacial score (nSPS) is 11.8. The molecule has 6 heteroatoms. The third kappa shape index (κ3) is 3.98. The lowest BCUT2D eigenvalue weighted by Crippen LogP contribution is -2.28. The van der Waals surface area contributed by atoms with Gasteiger partial charge in [-0.05, 0) is 42.7 Å². The molecule has 0 bridgehead atoms. The summed E-state index contributed by atoms with van der Waals surface area (Å²) in [6.07, 6.45) is 3.75. The van der Waals surface area contributed by atoms with E-state index in [0.717, 1.165) is 32.5 Å². The van der Waals surface area contributed by atoms with Crippen molar-refractivity contribution in [3.8, 4) is 22.3 Å². The number of anilines is 1. The highest BCUT2D eigenvalue weighted by atomic mass is 79.9. The van der Waals surface area contributed by atoms with Gasteiger partial charge < -0.3 is 14.6 Å². The van der Waals surface area contributed by atoms with E-state index in [1.165, 1.54) is 11.1 Å². The van der Waals surface area contributed by atoms with Crippen molar-refractivity contribution in [3.05, 3.63) is 65.5 Å². The van der Waals surface area contributed by atoms with E-state index < -0.39 is 0 Å². The van der Waals surface area contributed by atoms with Gasteiger partial charge in [-0.25, -0.2) is 9.97 Å². The van der Waals surface area contributed by atoms with Crippen LogP contribution in [0.3, 0.4) is 0 Å². The molecule has 0 fully saturated rings. The van der Waals surface area contributed by atoms with E-state index in [4.69, 9.17) is 4.74 Å². The summed E-state index contributed by atoms with van der Waals surface area (Å²) in [6.45, 7) is 4.84. The fraction of sp³-hybridized carbons (Fsp3) is 0.250. The summed E-state index contributed by atoms with van der Waals surface area (Å²) in [5.41, 5.74) is 5.19. The maximum absolute atomic E-state index is 5.65. The van der Waals surface area contributed by atoms with Gasteiger partial charge in [0.25, 0.3) is 0 Å². The Balaban J connectivity index is 1.80. The van der Waals surface area contributed by atoms with E-state index >= 15 is 0 Å². The second-order valence-electron chi connectivity index (χ2n) is 7.89. The second-order valence-corrected chi connectivity index (χ2v) is 8.81. The van der Waals surface area contributed by atoms with Gasteiger partial charge >= 0.3 is 0 Å². The first kappa shape index (κ1) is 20.6. The first-order valence-electron chi connectivity index (χ1n) is 9.85. The fourth-order valence-electron chi connectivity index (χ4n) is 3.61. The Morgan fingerprint density at radius 3 is 2.17 bits per heavy atom. The quantitative estimate of drug-likeness (QED) is 0.380. The van der Waals surface area contributed by atoms with Crippen molar-refractivity contribution >= 4 is 32.8 Å². The fourth-order valence-corrected chi connectivity index (χ4v) is 3.88. The number of nitrogens with one attached hydrogen (secondary N) is 1. The van der Waals surface area contributed by atoms with Gasteiger partial charge in [0.2, 0.25) is 0 Å². The van der Waals surface area contributed by atoms with E-state index in [1.807, 2.05) is 7.05 Å². The number of fused-ring (bicyclic) bond motifs is 1. The highest BCUT2D eigenvalue weighted by molar-refractivity contribution is 9.10. The lowest BCUT2D eigenvalue weighted by atomic mass is 10.0. The zero-order valence-electron chi connectivity index (χ0n) is 17.6. The first-order valence-corrected chi connectivity index (χ1v) is 10.6. The molecule has 2 aromatic heterocycles. The number of aromatic nitrogens is 3. The molecular formula is C24H25BrN4O. The summed E-state index contributed by atoms with van der Waals surface area (Å²) in [4.78, 5) is 9.02. The van der Waals surface area contributed by atoms with Crippen LogP contribution in [0.25, 0.3) is 33.3 Å². The number of hydrogen-bond acceptors (Lipinski definition) is 4. The molecule has 4 rings (SSSR count). The van der Waals surface area contributed by atoms with E-state index in [9.17, 15) is 0 Å². The molecule has 4 aromatic rings. The molecule has 1 N–H and O–H groups in total. The van der Waals surface area contributed by atoms with Crippen molar-refractivity contribution in [1.82, 2.24) is 14.5 Å². The molecule has 0 amide bonds. The summed E-state index contributed by atoms with van der Waals surface area (Å²) in [7, 11) is 3.63. The molecule has 0 unspecified atom stereocenters. The predicted molar refractivity (Wildman–Crippen MR) is 127 cm³/mol. The molecule has 0 aliphatic heterocycles. The molecule has 0 aliphatic carbocycles. The zero-order valence-corrected chi connectivity index (χ0v) is 19.2. The molecule has 5 nitrogen and oxygen atoms in total. The van der Waals surface area contributed by atoms with E-state index in [2.05, 4.69) is 104 Å². The maximum atomic E-state index is 5.65. The summed E-state index contributed by atoms with van der Waals surface area (Å²) >= 11 is 3.50. The van der Waals surface area contributed by atoms with Crippen LogP contribution in [0.1, 0.15) is 13.8 Å². The predicted octanol–water partition coefficient (Wildman–Crippen LogP) is 5.99. The molecule has 0 atom stereocenters. The van der Waals surface area contributed by atoms with Crippen molar-refractivity contribution in [2.24, 2.45) is 0 Å². The third-order valence-electron chi connectivity index (χ3n) is 5.37. The van der Waals surface area contributed by atoms with Crippen molar-refractivity contribution < 1.29 is 4.74 Å². The number of halogens is 1. The SMILES string of the molecule is CNc1ncnc2c1c(-c1ccc(-c3ccc(Br)cc3)cc1)cn2CC(C)(C)OC. The average Bonchev–Trinajstić information content (AvgIpc) is 3.12. The van der Waals surface area contributed by atoms with Gasteiger partial charge in [-0.1, -0.05) is 52.3 Å². The zero-order chi connectivity index (χ0) is 21.3. The Kier molecular flexibility index (Phi) is 5.62. The molecule has 0 saturated carbocycles. The minimum atomic E-state index is -0.306. The number of nitrogens with zero attached hydrogens (tertiary/aromatic N) is 3. The second kappa shape index (κ2) is 8.20. The van der Waals surface area contributed by atoms with Crippen LogP contribution in [0.4, 0.5) is 5.82 Å². The highest BCUT2D eigenvalue weighted by Gasteiger charge is 2.22. The van der Waals surface area contributed by atoms with Crippen LogP contribution in [0, 0.1) is 0 Å². The summed E-state index contributed by atoms with van der Waals surface area (Å²) in [6, 6.07) is 17.0. The van der Waals surface area contributed by atoms with E-state index in [0.29, 0.717) is 6.54 Å². The van der Waals surface area contributed by atoms with Gasteiger partial charge in [0.15, 0.2) is 0 Å².